The number of thiazole rings is 1. The Kier molecular flexibility index (Phi) is 22.5. The van der Waals surface area contributed by atoms with Crippen LogP contribution in [0.15, 0.2) is 48.0 Å². The van der Waals surface area contributed by atoms with Crippen LogP contribution in [0, 0.1) is 23.7 Å². The highest BCUT2D eigenvalue weighted by Crippen LogP contribution is 2.32. The van der Waals surface area contributed by atoms with Crippen LogP contribution in [-0.4, -0.2) is 95.7 Å². The van der Waals surface area contributed by atoms with Gasteiger partial charge in [0.15, 0.2) is 0 Å². The third-order valence-electron chi connectivity index (χ3n) is 11.4. The van der Waals surface area contributed by atoms with Gasteiger partial charge in [0.25, 0.3) is 5.91 Å². The van der Waals surface area contributed by atoms with Crippen molar-refractivity contribution in [2.24, 2.45) is 23.7 Å². The van der Waals surface area contributed by atoms with Gasteiger partial charge in [-0.25, -0.2) is 9.78 Å². The van der Waals surface area contributed by atoms with Crippen molar-refractivity contribution in [3.63, 3.8) is 0 Å². The Morgan fingerprint density at radius 2 is 1.54 bits per heavy atom. The van der Waals surface area contributed by atoms with Gasteiger partial charge in [-0.3, -0.25) is 19.3 Å². The van der Waals surface area contributed by atoms with Crippen molar-refractivity contribution in [1.82, 2.24) is 25.4 Å². The molecule has 0 spiro atoms. The molecule has 0 saturated carbocycles. The van der Waals surface area contributed by atoms with E-state index in [1.807, 2.05) is 71.6 Å². The molecule has 0 bridgehead atoms. The molecule has 13 heteroatoms. The number of aromatic nitrogens is 1. The van der Waals surface area contributed by atoms with E-state index < -0.39 is 29.9 Å². The number of allylic oxidation sites excluding steroid dienone is 1. The average Bonchev–Trinajstić information content (AvgIpc) is 3.71. The molecule has 0 aliphatic carbocycles. The Hall–Kier alpha value is -3.97. The Morgan fingerprint density at radius 1 is 0.902 bits per heavy atom. The largest absolute Gasteiger partial charge is 0.501 e. The quantitative estimate of drug-likeness (QED) is 0.0892. The highest BCUT2D eigenvalue weighted by molar-refractivity contribution is 7.09. The summed E-state index contributed by atoms with van der Waals surface area (Å²) in [6.07, 6.45) is 3.43. The van der Waals surface area contributed by atoms with Crippen LogP contribution in [0.1, 0.15) is 149 Å². The molecule has 344 valence electrons. The van der Waals surface area contributed by atoms with Crippen molar-refractivity contribution in [2.75, 3.05) is 27.3 Å². The first-order valence-corrected chi connectivity index (χ1v) is 23.3. The van der Waals surface area contributed by atoms with Gasteiger partial charge in [-0.1, -0.05) is 112 Å². The van der Waals surface area contributed by atoms with Crippen LogP contribution in [0.2, 0.25) is 0 Å². The lowest BCUT2D eigenvalue weighted by Crippen LogP contribution is -2.60. The zero-order chi connectivity index (χ0) is 46.0. The van der Waals surface area contributed by atoms with Gasteiger partial charge in [0.1, 0.15) is 34.5 Å². The molecule has 2 aromatic rings. The Bertz CT molecular complexity index is 1660. The molecule has 0 radical (unpaired) electrons. The summed E-state index contributed by atoms with van der Waals surface area (Å²) >= 11 is 1.38. The van der Waals surface area contributed by atoms with Crippen LogP contribution in [0.3, 0.4) is 0 Å². The molecule has 4 amide bonds. The van der Waals surface area contributed by atoms with Crippen molar-refractivity contribution in [1.29, 1.82) is 0 Å². The molecule has 8 atom stereocenters. The first kappa shape index (κ1) is 53.2. The number of likely N-dealkylation sites (N-methyl/N-ethyl adjacent to an activating group) is 1. The second-order valence-corrected chi connectivity index (χ2v) is 18.9. The van der Waals surface area contributed by atoms with E-state index in [-0.39, 0.29) is 53.5 Å². The third-order valence-corrected chi connectivity index (χ3v) is 12.3. The minimum absolute atomic E-state index is 0.0201. The van der Waals surface area contributed by atoms with Gasteiger partial charge in [-0.2, -0.15) is 0 Å². The number of nitrogens with zero attached hydrogens (tertiary/aromatic N) is 3. The summed E-state index contributed by atoms with van der Waals surface area (Å²) in [5.74, 6) is -0.517. The van der Waals surface area contributed by atoms with Gasteiger partial charge in [0.05, 0.1) is 12.9 Å². The molecule has 1 aromatic heterocycles. The third kappa shape index (κ3) is 16.7. The number of hydrogen-bond acceptors (Lipinski definition) is 9. The smallest absolute Gasteiger partial charge is 0.410 e. The van der Waals surface area contributed by atoms with Crippen LogP contribution < -0.4 is 10.6 Å². The minimum atomic E-state index is -0.843. The lowest BCUT2D eigenvalue weighted by Gasteiger charge is -2.40. The molecule has 61 heavy (non-hydrogen) atoms. The summed E-state index contributed by atoms with van der Waals surface area (Å²) < 4.78 is 17.6. The molecule has 12 nitrogen and oxygen atoms in total. The number of ether oxygens (including phenoxy) is 3. The van der Waals surface area contributed by atoms with E-state index in [4.69, 9.17) is 19.2 Å². The summed E-state index contributed by atoms with van der Waals surface area (Å²) in [6, 6.07) is 7.92. The van der Waals surface area contributed by atoms with Crippen molar-refractivity contribution in [2.45, 2.75) is 164 Å². The first-order valence-electron chi connectivity index (χ1n) is 22.4. The molecular formula is C48H79N5O7S. The summed E-state index contributed by atoms with van der Waals surface area (Å²) in [4.78, 5) is 64.4. The fourth-order valence-electron chi connectivity index (χ4n) is 7.40. The van der Waals surface area contributed by atoms with Gasteiger partial charge in [0.2, 0.25) is 11.8 Å². The van der Waals surface area contributed by atoms with Crippen LogP contribution in [-0.2, 0) is 30.2 Å². The zero-order valence-electron chi connectivity index (χ0n) is 39.8. The fourth-order valence-corrected chi connectivity index (χ4v) is 8.26. The lowest BCUT2D eigenvalue weighted by molar-refractivity contribution is -0.143. The van der Waals surface area contributed by atoms with Gasteiger partial charge >= 0.3 is 6.09 Å². The van der Waals surface area contributed by atoms with Gasteiger partial charge < -0.3 is 29.7 Å². The highest BCUT2D eigenvalue weighted by atomic mass is 32.1. The van der Waals surface area contributed by atoms with Gasteiger partial charge in [-0.15, -0.1) is 11.3 Å². The van der Waals surface area contributed by atoms with Crippen LogP contribution in [0.5, 0.6) is 0 Å². The summed E-state index contributed by atoms with van der Waals surface area (Å²) in [5.41, 5.74) is 0.690. The number of hydrogen-bond donors (Lipinski definition) is 2. The Morgan fingerprint density at radius 3 is 2.08 bits per heavy atom. The lowest BCUT2D eigenvalue weighted by atomic mass is 9.91. The number of methoxy groups -OCH3 is 1. The minimum Gasteiger partial charge on any atom is -0.501 e. The summed E-state index contributed by atoms with van der Waals surface area (Å²) in [6.45, 7) is 28.6. The molecule has 0 aliphatic rings. The maximum Gasteiger partial charge on any atom is 0.410 e. The molecule has 2 rings (SSSR count). The van der Waals surface area contributed by atoms with Gasteiger partial charge in [0, 0.05) is 50.0 Å². The Balaban J connectivity index is 2.47. The van der Waals surface area contributed by atoms with E-state index in [9.17, 15) is 19.2 Å². The highest BCUT2D eigenvalue weighted by Gasteiger charge is 2.40. The second kappa shape index (κ2) is 25.8. The molecule has 1 heterocycles. The predicted molar refractivity (Wildman–Crippen MR) is 246 cm³/mol. The zero-order valence-corrected chi connectivity index (χ0v) is 40.7. The number of amides is 4. The van der Waals surface area contributed by atoms with Crippen LogP contribution in [0.4, 0.5) is 4.79 Å². The molecule has 0 aliphatic heterocycles. The van der Waals surface area contributed by atoms with Crippen molar-refractivity contribution in [3.05, 3.63) is 64.3 Å². The maximum absolute atomic E-state index is 15.0. The normalized spacial score (nSPS) is 15.7. The number of carbonyl (C=O) groups excluding carboxylic acids is 4. The summed E-state index contributed by atoms with van der Waals surface area (Å²) in [5, 5.41) is 8.80. The predicted octanol–water partition coefficient (Wildman–Crippen LogP) is 9.60. The van der Waals surface area contributed by atoms with Crippen molar-refractivity contribution < 1.29 is 33.4 Å². The molecular weight excluding hydrogens is 791 g/mol. The first-order chi connectivity index (χ1) is 28.7. The molecule has 0 saturated heterocycles. The van der Waals surface area contributed by atoms with Crippen LogP contribution >= 0.6 is 11.3 Å². The Labute approximate surface area is 371 Å². The second-order valence-electron chi connectivity index (χ2n) is 18.0. The standard InChI is InChI=1S/C48H79N5O7S/c1-16-25-53(46(56)41(32(7)18-3)51-44(55)42(33(8)19-4)52(14)47(57)60-48(11,12)13)39(31(5)6)29-40(59-26-17-2)45-50-38(30-61-45)43(54)49-37(27-34(9)35(10)58-15)28-36-23-21-20-22-24-36/h20-24,30-34,37,39-42H,10,16-19,25-29H2,1-9,11-15H3,(H,49,54)(H,51,55)/t32-,33-,34-,37+,39+,40+,41-,42-/m0/s1. The van der Waals surface area contributed by atoms with E-state index in [1.54, 1.807) is 40.3 Å². The topological polar surface area (TPSA) is 139 Å². The monoisotopic (exact) mass is 870 g/mol. The maximum atomic E-state index is 15.0. The van der Waals surface area contributed by atoms with Crippen molar-refractivity contribution in [3.8, 4) is 0 Å². The number of rotatable bonds is 26. The SMILES string of the molecule is C=C(OC)[C@@H](C)C[C@H](Cc1ccccc1)NC(=O)c1csc([C@@H](C[C@H](C(C)C)N(CCC)C(=O)[C@@H](NC(=O)[C@H]([C@@H](C)CC)N(C)C(=O)OC(C)(C)C)[C@@H](C)CC)OCCC)n1. The average molecular weight is 870 g/mol. The van der Waals surface area contributed by atoms with E-state index in [2.05, 4.69) is 43.2 Å². The number of carbonyl (C=O) groups is 4. The van der Waals surface area contributed by atoms with E-state index in [0.717, 1.165) is 12.0 Å². The molecule has 0 fully saturated rings. The molecule has 2 N–H and O–H groups in total. The fraction of sp³-hybridized carbons (Fsp3) is 0.688. The van der Waals surface area contributed by atoms with E-state index in [0.29, 0.717) is 68.1 Å². The number of nitrogens with one attached hydrogen (secondary N) is 2. The van der Waals surface area contributed by atoms with Crippen molar-refractivity contribution >= 4 is 35.2 Å². The van der Waals surface area contributed by atoms with E-state index in [1.165, 1.54) is 16.2 Å². The van der Waals surface area contributed by atoms with Crippen LogP contribution in [0.25, 0.3) is 0 Å². The molecule has 0 unspecified atom stereocenters. The molecule has 1 aromatic carbocycles. The van der Waals surface area contributed by atoms with Gasteiger partial charge in [-0.05, 0) is 69.8 Å². The van der Waals surface area contributed by atoms with E-state index >= 15 is 0 Å². The number of benzene rings is 1. The summed E-state index contributed by atoms with van der Waals surface area (Å²) in [7, 11) is 3.19.